The number of hydrazine groups is 1. The van der Waals surface area contributed by atoms with Gasteiger partial charge in [-0.2, -0.15) is 5.01 Å². The summed E-state index contributed by atoms with van der Waals surface area (Å²) < 4.78 is 5.96. The lowest BCUT2D eigenvalue weighted by Gasteiger charge is -2.58. The van der Waals surface area contributed by atoms with Gasteiger partial charge in [-0.1, -0.05) is 70.8 Å². The number of unbranched alkanes of at least 4 members (excludes halogenated alkanes) is 1. The third-order valence-electron chi connectivity index (χ3n) is 12.4. The van der Waals surface area contributed by atoms with Crippen molar-refractivity contribution >= 4 is 5.97 Å². The van der Waals surface area contributed by atoms with Crippen LogP contribution in [0.3, 0.4) is 0 Å². The largest absolute Gasteiger partial charge is 0.462 e. The Morgan fingerprint density at radius 2 is 1.86 bits per heavy atom. The van der Waals surface area contributed by atoms with Crippen LogP contribution in [0.2, 0.25) is 0 Å². The van der Waals surface area contributed by atoms with Crippen LogP contribution >= 0.6 is 0 Å². The summed E-state index contributed by atoms with van der Waals surface area (Å²) in [4.78, 5) is 23.6. The summed E-state index contributed by atoms with van der Waals surface area (Å²) in [5, 5.41) is 14.1. The van der Waals surface area contributed by atoms with Gasteiger partial charge in [0.25, 0.3) is 0 Å². The van der Waals surface area contributed by atoms with Gasteiger partial charge in [-0.3, -0.25) is 10.0 Å². The third kappa shape index (κ3) is 7.23. The van der Waals surface area contributed by atoms with Gasteiger partial charge in [0.1, 0.15) is 6.10 Å². The molecule has 240 valence electrons. The van der Waals surface area contributed by atoms with Gasteiger partial charge in [0.2, 0.25) is 0 Å². The maximum absolute atomic E-state index is 12.8. The topological polar surface area (TPSA) is 110 Å². The standard InChI is InChI=1S/C34H60N4O4/c1-24(2)9-8-10-25(3)29-13-14-30-28-12-11-26-23-27(15-18-33(26,4)31(28)16-19-34(29,30)5)42-32(39)17-22-37(38(41)36-40)21-7-6-20-35/h11,24-25,27-31,41H,6-10,12-23,35H2,1-5H3/p+1/t25-,27+,28+,29-,30+,31+,33+,34-/m1/s1. The van der Waals surface area contributed by atoms with Crippen LogP contribution in [0.4, 0.5) is 0 Å². The Kier molecular flexibility index (Phi) is 11.5. The quantitative estimate of drug-likeness (QED) is 0.0704. The van der Waals surface area contributed by atoms with E-state index in [0.717, 1.165) is 74.2 Å². The molecule has 0 aromatic rings. The molecule has 8 heteroatoms. The second kappa shape index (κ2) is 14.5. The van der Waals surface area contributed by atoms with Crippen LogP contribution in [0.5, 0.6) is 0 Å². The van der Waals surface area contributed by atoms with Gasteiger partial charge in [-0.25, -0.2) is 0 Å². The molecule has 0 heterocycles. The third-order valence-corrected chi connectivity index (χ3v) is 12.4. The molecule has 0 aliphatic heterocycles. The van der Waals surface area contributed by atoms with Gasteiger partial charge in [0.15, 0.2) is 0 Å². The van der Waals surface area contributed by atoms with E-state index in [-0.39, 0.29) is 30.5 Å². The van der Waals surface area contributed by atoms with Gasteiger partial charge in [-0.05, 0) is 104 Å². The van der Waals surface area contributed by atoms with Gasteiger partial charge in [-0.15, -0.1) is 4.91 Å². The highest BCUT2D eigenvalue weighted by Crippen LogP contribution is 2.67. The Bertz CT molecular complexity index is 943. The van der Waals surface area contributed by atoms with E-state index in [9.17, 15) is 14.9 Å². The minimum atomic E-state index is -0.271. The number of allylic oxidation sites excluding steroid dienone is 1. The highest BCUT2D eigenvalue weighted by Gasteiger charge is 2.59. The van der Waals surface area contributed by atoms with E-state index in [1.54, 1.807) is 0 Å². The molecule has 3 saturated carbocycles. The summed E-state index contributed by atoms with van der Waals surface area (Å²) in [6.45, 7) is 13.9. The zero-order valence-corrected chi connectivity index (χ0v) is 27.4. The molecule has 0 bridgehead atoms. The summed E-state index contributed by atoms with van der Waals surface area (Å²) in [6.07, 6.45) is 17.9. The molecule has 3 fully saturated rings. The zero-order valence-electron chi connectivity index (χ0n) is 27.4. The van der Waals surface area contributed by atoms with E-state index in [1.165, 1.54) is 61.9 Å². The molecule has 0 amide bonds. The SMILES string of the molecule is CC(C)CCC[C@@H](C)[C@H]1CC[C@H]2[C@@H]3CC=C4C[C@@H](OC(=O)CCN(CCCC[NH3+])N(O)N=O)CC[C@]4(C)[C@H]3CC[C@]12C. The maximum atomic E-state index is 12.8. The van der Waals surface area contributed by atoms with Gasteiger partial charge in [0, 0.05) is 19.5 Å². The van der Waals surface area contributed by atoms with Crippen LogP contribution in [0.15, 0.2) is 16.9 Å². The number of esters is 1. The Morgan fingerprint density at radius 3 is 2.57 bits per heavy atom. The number of hydrogen-bond donors (Lipinski definition) is 2. The number of nitroso groups, excluding NO2 is 1. The van der Waals surface area contributed by atoms with Crippen molar-refractivity contribution in [2.75, 3.05) is 19.6 Å². The van der Waals surface area contributed by atoms with Crippen molar-refractivity contribution in [2.45, 2.75) is 131 Å². The number of carbonyl (C=O) groups is 1. The van der Waals surface area contributed by atoms with E-state index in [1.807, 2.05) is 0 Å². The number of carbonyl (C=O) groups excluding carboxylic acids is 1. The van der Waals surface area contributed by atoms with Crippen molar-refractivity contribution in [2.24, 2.45) is 51.6 Å². The number of nitrogens with zero attached hydrogens (tertiary/aromatic N) is 3. The summed E-state index contributed by atoms with van der Waals surface area (Å²) in [7, 11) is 0. The number of ether oxygens (including phenoxy) is 1. The van der Waals surface area contributed by atoms with Gasteiger partial charge < -0.3 is 10.5 Å². The lowest BCUT2D eigenvalue weighted by Crippen LogP contribution is -2.51. The van der Waals surface area contributed by atoms with Crippen molar-refractivity contribution in [1.29, 1.82) is 0 Å². The molecule has 0 saturated heterocycles. The van der Waals surface area contributed by atoms with Crippen molar-refractivity contribution < 1.29 is 20.5 Å². The fourth-order valence-corrected chi connectivity index (χ4v) is 10.0. The summed E-state index contributed by atoms with van der Waals surface area (Å²) in [5.41, 5.74) is 6.07. The second-order valence-electron chi connectivity index (χ2n) is 15.3. The van der Waals surface area contributed by atoms with Crippen LogP contribution < -0.4 is 5.73 Å². The van der Waals surface area contributed by atoms with Crippen LogP contribution in [0.25, 0.3) is 0 Å². The van der Waals surface area contributed by atoms with Crippen molar-refractivity contribution in [3.8, 4) is 0 Å². The maximum Gasteiger partial charge on any atom is 0.307 e. The summed E-state index contributed by atoms with van der Waals surface area (Å²) in [5.74, 6) is 4.65. The van der Waals surface area contributed by atoms with Crippen LogP contribution in [-0.4, -0.2) is 47.2 Å². The van der Waals surface area contributed by atoms with E-state index in [0.29, 0.717) is 17.2 Å². The lowest BCUT2D eigenvalue weighted by molar-refractivity contribution is -0.368. The Labute approximate surface area is 255 Å². The van der Waals surface area contributed by atoms with E-state index >= 15 is 0 Å². The monoisotopic (exact) mass is 589 g/mol. The molecule has 0 unspecified atom stereocenters. The number of quaternary nitrogens is 1. The molecule has 4 aliphatic carbocycles. The average Bonchev–Trinajstić information content (AvgIpc) is 3.31. The Hall–Kier alpha value is -1.51. The predicted octanol–water partition coefficient (Wildman–Crippen LogP) is 6.94. The molecular weight excluding hydrogens is 528 g/mol. The lowest BCUT2D eigenvalue weighted by atomic mass is 9.47. The molecule has 4 N–H and O–H groups in total. The normalized spacial score (nSPS) is 34.8. The highest BCUT2D eigenvalue weighted by molar-refractivity contribution is 5.69. The minimum absolute atomic E-state index is 0.0844. The number of fused-ring (bicyclic) bond motifs is 5. The first kappa shape index (κ1) is 33.4. The minimum Gasteiger partial charge on any atom is -0.462 e. The van der Waals surface area contributed by atoms with Crippen LogP contribution in [-0.2, 0) is 9.53 Å². The van der Waals surface area contributed by atoms with Crippen LogP contribution in [0, 0.1) is 51.2 Å². The molecule has 4 aliphatic rings. The molecule has 0 spiro atoms. The number of hydrogen-bond acceptors (Lipinski definition) is 6. The van der Waals surface area contributed by atoms with Crippen molar-refractivity contribution in [3.63, 3.8) is 0 Å². The molecule has 8 atom stereocenters. The first-order valence-electron chi connectivity index (χ1n) is 17.3. The average molecular weight is 590 g/mol. The molecule has 8 nitrogen and oxygen atoms in total. The van der Waals surface area contributed by atoms with Crippen LogP contribution in [0.1, 0.15) is 125 Å². The Morgan fingerprint density at radius 1 is 1.07 bits per heavy atom. The predicted molar refractivity (Wildman–Crippen MR) is 166 cm³/mol. The number of rotatable bonds is 15. The molecule has 0 aromatic carbocycles. The summed E-state index contributed by atoms with van der Waals surface area (Å²) in [6, 6.07) is 0. The molecule has 0 aromatic heterocycles. The highest BCUT2D eigenvalue weighted by atomic mass is 16.6. The zero-order chi connectivity index (χ0) is 30.5. The molecule has 42 heavy (non-hydrogen) atoms. The van der Waals surface area contributed by atoms with E-state index in [2.05, 4.69) is 51.7 Å². The van der Waals surface area contributed by atoms with E-state index < -0.39 is 0 Å². The van der Waals surface area contributed by atoms with Crippen molar-refractivity contribution in [3.05, 3.63) is 16.6 Å². The fraction of sp³-hybridized carbons (Fsp3) is 0.912. The van der Waals surface area contributed by atoms with Crippen molar-refractivity contribution in [1.82, 2.24) is 10.3 Å². The second-order valence-corrected chi connectivity index (χ2v) is 15.3. The fourth-order valence-electron chi connectivity index (χ4n) is 10.0. The Balaban J connectivity index is 1.33. The van der Waals surface area contributed by atoms with Gasteiger partial charge >= 0.3 is 5.97 Å². The molecule has 0 radical (unpaired) electrons. The first-order chi connectivity index (χ1) is 20.0. The first-order valence-corrected chi connectivity index (χ1v) is 17.3. The smallest absolute Gasteiger partial charge is 0.307 e. The molecule has 4 rings (SSSR count). The molecular formula is C34H61N4O4+. The summed E-state index contributed by atoms with van der Waals surface area (Å²) >= 11 is 0. The van der Waals surface area contributed by atoms with E-state index in [4.69, 9.17) is 4.74 Å². The van der Waals surface area contributed by atoms with Gasteiger partial charge in [0.05, 0.1) is 18.3 Å².